The first-order valence-electron chi connectivity index (χ1n) is 9.79. The number of aryl methyl sites for hydroxylation is 4. The zero-order chi connectivity index (χ0) is 19.8. The van der Waals surface area contributed by atoms with E-state index in [9.17, 15) is 0 Å². The van der Waals surface area contributed by atoms with Gasteiger partial charge in [-0.2, -0.15) is 11.8 Å². The fourth-order valence-corrected chi connectivity index (χ4v) is 5.04. The first-order valence-corrected chi connectivity index (χ1v) is 11.8. The number of benzene rings is 2. The molecule has 0 aliphatic heterocycles. The minimum atomic E-state index is 0.966. The van der Waals surface area contributed by atoms with Gasteiger partial charge < -0.3 is 0 Å². The molecular formula is C24H30S3. The second-order valence-corrected chi connectivity index (χ2v) is 9.20. The Balaban J connectivity index is 1.81. The summed E-state index contributed by atoms with van der Waals surface area (Å²) in [5.41, 5.74) is 7.89. The quantitative estimate of drug-likeness (QED) is 0.232. The van der Waals surface area contributed by atoms with Gasteiger partial charge in [-0.05, 0) is 73.3 Å². The molecule has 0 nitrogen and oxygen atoms in total. The van der Waals surface area contributed by atoms with E-state index in [1.54, 1.807) is 0 Å². The van der Waals surface area contributed by atoms with Crippen molar-refractivity contribution in [1.82, 2.24) is 0 Å². The zero-order valence-electron chi connectivity index (χ0n) is 16.9. The van der Waals surface area contributed by atoms with Gasteiger partial charge in [0, 0.05) is 9.73 Å². The lowest BCUT2D eigenvalue weighted by Crippen LogP contribution is -2.06. The summed E-state index contributed by atoms with van der Waals surface area (Å²) in [6, 6.07) is 13.2. The molecule has 0 saturated carbocycles. The summed E-state index contributed by atoms with van der Waals surface area (Å²) < 4.78 is 0. The number of thiocarbonyl (C=S) groups is 2. The van der Waals surface area contributed by atoms with E-state index in [4.69, 9.17) is 24.4 Å². The predicted molar refractivity (Wildman–Crippen MR) is 131 cm³/mol. The highest BCUT2D eigenvalue weighted by Gasteiger charge is 2.09. The smallest absolute Gasteiger partial charge is 0.0235 e. The van der Waals surface area contributed by atoms with E-state index in [0.717, 1.165) is 46.9 Å². The van der Waals surface area contributed by atoms with Crippen LogP contribution >= 0.6 is 36.2 Å². The molecule has 0 bridgehead atoms. The van der Waals surface area contributed by atoms with Crippen LogP contribution in [0.5, 0.6) is 0 Å². The van der Waals surface area contributed by atoms with Crippen LogP contribution in [0.15, 0.2) is 36.4 Å². The minimum absolute atomic E-state index is 0.966. The molecule has 0 spiro atoms. The fraction of sp³-hybridized carbons (Fsp3) is 0.417. The Morgan fingerprint density at radius 2 is 1.15 bits per heavy atom. The van der Waals surface area contributed by atoms with E-state index >= 15 is 0 Å². The predicted octanol–water partition coefficient (Wildman–Crippen LogP) is 7.08. The number of rotatable bonds is 10. The molecule has 2 rings (SSSR count). The summed E-state index contributed by atoms with van der Waals surface area (Å²) in [6.07, 6.45) is 4.00. The van der Waals surface area contributed by atoms with Crippen molar-refractivity contribution < 1.29 is 0 Å². The van der Waals surface area contributed by atoms with Crippen molar-refractivity contribution in [2.75, 3.05) is 11.5 Å². The van der Waals surface area contributed by atoms with Crippen molar-refractivity contribution in [1.29, 1.82) is 0 Å². The molecule has 3 heteroatoms. The van der Waals surface area contributed by atoms with E-state index < -0.39 is 0 Å². The highest BCUT2D eigenvalue weighted by molar-refractivity contribution is 7.99. The molecular weight excluding hydrogens is 384 g/mol. The van der Waals surface area contributed by atoms with Gasteiger partial charge in [0.2, 0.25) is 0 Å². The molecule has 0 heterocycles. The van der Waals surface area contributed by atoms with Crippen LogP contribution in [-0.4, -0.2) is 21.2 Å². The minimum Gasteiger partial charge on any atom is -0.161 e. The van der Waals surface area contributed by atoms with E-state index in [-0.39, 0.29) is 0 Å². The third kappa shape index (κ3) is 6.51. The summed E-state index contributed by atoms with van der Waals surface area (Å²) >= 11 is 13.4. The topological polar surface area (TPSA) is 0 Å². The van der Waals surface area contributed by atoms with Gasteiger partial charge >= 0.3 is 0 Å². The van der Waals surface area contributed by atoms with Crippen LogP contribution < -0.4 is 0 Å². The SMILES string of the molecule is CCc1cc(C)ccc1C(=S)CCSCCC(=S)c1ccc(C)cc1CC. The summed E-state index contributed by atoms with van der Waals surface area (Å²) in [5.74, 6) is 2.13. The first kappa shape index (κ1) is 22.3. The van der Waals surface area contributed by atoms with E-state index in [2.05, 4.69) is 64.1 Å². The second kappa shape index (κ2) is 11.1. The lowest BCUT2D eigenvalue weighted by molar-refractivity contribution is 1.12. The Morgan fingerprint density at radius 1 is 0.741 bits per heavy atom. The zero-order valence-corrected chi connectivity index (χ0v) is 19.4. The molecule has 0 aliphatic carbocycles. The maximum atomic E-state index is 5.70. The van der Waals surface area contributed by atoms with Crippen LogP contribution in [0.1, 0.15) is 60.1 Å². The Morgan fingerprint density at radius 3 is 1.52 bits per heavy atom. The van der Waals surface area contributed by atoms with Crippen LogP contribution in [0.3, 0.4) is 0 Å². The number of hydrogen-bond donors (Lipinski definition) is 0. The lowest BCUT2D eigenvalue weighted by atomic mass is 9.99. The van der Waals surface area contributed by atoms with Gasteiger partial charge in [-0.25, -0.2) is 0 Å². The van der Waals surface area contributed by atoms with Gasteiger partial charge in [-0.15, -0.1) is 0 Å². The largest absolute Gasteiger partial charge is 0.161 e. The van der Waals surface area contributed by atoms with Crippen LogP contribution in [0.4, 0.5) is 0 Å². The highest BCUT2D eigenvalue weighted by atomic mass is 32.2. The van der Waals surface area contributed by atoms with Crippen molar-refractivity contribution in [3.63, 3.8) is 0 Å². The number of thioether (sulfide) groups is 1. The molecule has 0 fully saturated rings. The average molecular weight is 415 g/mol. The Hall–Kier alpha value is -1.03. The van der Waals surface area contributed by atoms with Gasteiger partial charge in [0.05, 0.1) is 0 Å². The Bertz CT molecular complexity index is 738. The Kier molecular flexibility index (Phi) is 9.14. The molecule has 2 aromatic carbocycles. The summed E-state index contributed by atoms with van der Waals surface area (Å²) in [7, 11) is 0. The van der Waals surface area contributed by atoms with Crippen molar-refractivity contribution >= 4 is 45.9 Å². The monoisotopic (exact) mass is 414 g/mol. The maximum absolute atomic E-state index is 5.70. The molecule has 0 saturated heterocycles. The van der Waals surface area contributed by atoms with E-state index in [0.29, 0.717) is 0 Å². The third-order valence-corrected chi connectivity index (χ3v) is 6.66. The normalized spacial score (nSPS) is 10.8. The first-order chi connectivity index (χ1) is 13.0. The average Bonchev–Trinajstić information content (AvgIpc) is 2.66. The molecule has 0 N–H and O–H groups in total. The molecule has 0 amide bonds. The standard InChI is InChI=1S/C24H30S3/c1-5-19-15-17(3)7-9-21(19)23(25)11-13-27-14-12-24(26)22-10-8-18(4)16-20(22)6-2/h7-10,15-16H,5-6,11-14H2,1-4H3. The van der Waals surface area contributed by atoms with Gasteiger partial charge in [0.25, 0.3) is 0 Å². The van der Waals surface area contributed by atoms with Crippen molar-refractivity contribution in [2.45, 2.75) is 53.4 Å². The number of hydrogen-bond acceptors (Lipinski definition) is 3. The van der Waals surface area contributed by atoms with Gasteiger partial charge in [0.1, 0.15) is 0 Å². The summed E-state index contributed by atoms with van der Waals surface area (Å²) in [4.78, 5) is 2.18. The molecule has 0 atom stereocenters. The summed E-state index contributed by atoms with van der Waals surface area (Å²) in [6.45, 7) is 8.68. The van der Waals surface area contributed by atoms with E-state index in [1.165, 1.54) is 33.4 Å². The van der Waals surface area contributed by atoms with Crippen LogP contribution in [0, 0.1) is 13.8 Å². The van der Waals surface area contributed by atoms with Gasteiger partial charge in [-0.3, -0.25) is 0 Å². The third-order valence-electron chi connectivity index (χ3n) is 4.83. The van der Waals surface area contributed by atoms with Crippen molar-refractivity contribution in [3.8, 4) is 0 Å². The van der Waals surface area contributed by atoms with E-state index in [1.807, 2.05) is 11.8 Å². The molecule has 144 valence electrons. The highest BCUT2D eigenvalue weighted by Crippen LogP contribution is 2.19. The van der Waals surface area contributed by atoms with Crippen molar-refractivity contribution in [3.05, 3.63) is 69.8 Å². The summed E-state index contributed by atoms with van der Waals surface area (Å²) in [5, 5.41) is 0. The second-order valence-electron chi connectivity index (χ2n) is 6.99. The van der Waals surface area contributed by atoms with Crippen LogP contribution in [0.25, 0.3) is 0 Å². The van der Waals surface area contributed by atoms with Crippen molar-refractivity contribution in [2.24, 2.45) is 0 Å². The van der Waals surface area contributed by atoms with Crippen LogP contribution in [-0.2, 0) is 12.8 Å². The Labute approximate surface area is 180 Å². The lowest BCUT2D eigenvalue weighted by Gasteiger charge is -2.12. The maximum Gasteiger partial charge on any atom is 0.0235 e. The molecule has 0 unspecified atom stereocenters. The van der Waals surface area contributed by atoms with Crippen LogP contribution in [0.2, 0.25) is 0 Å². The molecule has 0 aliphatic rings. The molecule has 2 aromatic rings. The fourth-order valence-electron chi connectivity index (χ4n) is 3.28. The molecule has 0 radical (unpaired) electrons. The molecule has 27 heavy (non-hydrogen) atoms. The van der Waals surface area contributed by atoms with Gasteiger partial charge in [0.15, 0.2) is 0 Å². The molecule has 0 aromatic heterocycles. The van der Waals surface area contributed by atoms with Gasteiger partial charge in [-0.1, -0.05) is 85.8 Å².